The summed E-state index contributed by atoms with van der Waals surface area (Å²) in [6.45, 7) is 4.19. The van der Waals surface area contributed by atoms with Crippen molar-refractivity contribution in [2.75, 3.05) is 30.0 Å². The predicted molar refractivity (Wildman–Crippen MR) is 112 cm³/mol. The van der Waals surface area contributed by atoms with Gasteiger partial charge in [-0.3, -0.25) is 9.12 Å². The smallest absolute Gasteiger partial charge is 0.267 e. The fraction of sp³-hybridized carbons (Fsp3) is 0.722. The number of rotatable bonds is 7. The van der Waals surface area contributed by atoms with Gasteiger partial charge in [0.15, 0.2) is 17.0 Å². The van der Waals surface area contributed by atoms with Gasteiger partial charge in [0, 0.05) is 26.1 Å². The van der Waals surface area contributed by atoms with Crippen molar-refractivity contribution in [1.82, 2.24) is 19.5 Å². The highest BCUT2D eigenvalue weighted by atomic mass is 32.2. The first-order valence-corrected chi connectivity index (χ1v) is 11.5. The van der Waals surface area contributed by atoms with Crippen LogP contribution in [-0.2, 0) is 21.9 Å². The summed E-state index contributed by atoms with van der Waals surface area (Å²) in [5.41, 5.74) is 7.54. The molecule has 0 saturated heterocycles. The first-order chi connectivity index (χ1) is 13.6. The Hall–Kier alpha value is -1.98. The Balaban J connectivity index is 1.72. The summed E-state index contributed by atoms with van der Waals surface area (Å²) < 4.78 is 37.9. The maximum Gasteiger partial charge on any atom is 0.267 e. The van der Waals surface area contributed by atoms with E-state index in [0.717, 1.165) is 37.3 Å². The summed E-state index contributed by atoms with van der Waals surface area (Å²) in [6, 6.07) is 0.287. The van der Waals surface area contributed by atoms with E-state index in [4.69, 9.17) is 20.0 Å². The molecule has 2 heterocycles. The minimum Gasteiger partial charge on any atom is -0.382 e. The van der Waals surface area contributed by atoms with Gasteiger partial charge in [0.05, 0.1) is 18.5 Å². The van der Waals surface area contributed by atoms with E-state index >= 15 is 0 Å². The van der Waals surface area contributed by atoms with Crippen LogP contribution in [0.15, 0.2) is 0 Å². The molecule has 0 aliphatic heterocycles. The number of imidazole rings is 1. The van der Waals surface area contributed by atoms with Gasteiger partial charge in [-0.25, -0.2) is 15.0 Å². The molecule has 0 unspecified atom stereocenters. The third-order valence-electron chi connectivity index (χ3n) is 5.56. The molecule has 3 N–H and O–H groups in total. The largest absolute Gasteiger partial charge is 0.382 e. The van der Waals surface area contributed by atoms with Gasteiger partial charge in [0.1, 0.15) is 5.82 Å². The molecule has 1 aliphatic rings. The molecular weight excluding hydrogens is 396 g/mol. The molecule has 162 valence electrons. The van der Waals surface area contributed by atoms with Crippen LogP contribution in [0.4, 0.5) is 11.8 Å². The molecule has 1 fully saturated rings. The average Bonchev–Trinajstić information content (AvgIpc) is 2.98. The molecular formula is C18H30N6O4S. The lowest BCUT2D eigenvalue weighted by Crippen LogP contribution is -2.28. The van der Waals surface area contributed by atoms with E-state index < -0.39 is 10.1 Å². The third kappa shape index (κ3) is 4.96. The van der Waals surface area contributed by atoms with E-state index in [0.29, 0.717) is 17.2 Å². The fourth-order valence-electron chi connectivity index (χ4n) is 3.62. The number of aromatic nitrogens is 4. The maximum atomic E-state index is 10.8. The summed E-state index contributed by atoms with van der Waals surface area (Å²) in [5, 5.41) is 0. The molecule has 0 atom stereocenters. The Labute approximate surface area is 171 Å². The van der Waals surface area contributed by atoms with E-state index in [1.165, 1.54) is 0 Å². The molecule has 29 heavy (non-hydrogen) atoms. The number of nitrogen functional groups attached to an aromatic ring is 1. The molecule has 10 nitrogen and oxygen atoms in total. The van der Waals surface area contributed by atoms with E-state index in [-0.39, 0.29) is 30.4 Å². The van der Waals surface area contributed by atoms with Gasteiger partial charge in [-0.05, 0) is 39.5 Å². The predicted octanol–water partition coefficient (Wildman–Crippen LogP) is 1.72. The Morgan fingerprint density at radius 1 is 1.24 bits per heavy atom. The Morgan fingerprint density at radius 3 is 2.48 bits per heavy atom. The molecule has 0 bridgehead atoms. The van der Waals surface area contributed by atoms with Gasteiger partial charge in [-0.15, -0.1) is 0 Å². The van der Waals surface area contributed by atoms with E-state index in [9.17, 15) is 8.42 Å². The summed E-state index contributed by atoms with van der Waals surface area (Å²) in [7, 11) is -0.0725. The van der Waals surface area contributed by atoms with Crippen LogP contribution in [0.3, 0.4) is 0 Å². The zero-order valence-electron chi connectivity index (χ0n) is 17.4. The van der Waals surface area contributed by atoms with Crippen molar-refractivity contribution in [3.05, 3.63) is 5.82 Å². The maximum absolute atomic E-state index is 10.8. The Kier molecular flexibility index (Phi) is 6.30. The van der Waals surface area contributed by atoms with Crippen LogP contribution in [0.5, 0.6) is 0 Å². The molecule has 1 saturated carbocycles. The fourth-order valence-corrected chi connectivity index (χ4v) is 3.93. The minimum atomic E-state index is -3.99. The lowest BCUT2D eigenvalue weighted by molar-refractivity contribution is 0.0329. The topological polar surface area (TPSA) is 136 Å². The normalized spacial score (nSPS) is 20.5. The second-order valence-corrected chi connectivity index (χ2v) is 9.52. The van der Waals surface area contributed by atoms with Gasteiger partial charge >= 0.3 is 0 Å². The number of hydrogen-bond acceptors (Lipinski definition) is 8. The molecule has 0 aromatic carbocycles. The van der Waals surface area contributed by atoms with Gasteiger partial charge in [0.25, 0.3) is 10.1 Å². The number of ether oxygens (including phenoxy) is 1. The molecule has 2 aromatic rings. The number of nitrogens with two attached hydrogens (primary N) is 1. The Bertz CT molecular complexity index is 966. The standard InChI is InChI=1S/C18H30N6O4S/c1-11(2)23(3)18-20-14-15(19)21-16(22-17(14)24(18)4)12-5-7-13(8-6-12)28-9-10-29(25,26)27/h11-13H,5-10H2,1-4H3,(H2,19,21,22)(H,25,26,27)/t12-,13-. The first kappa shape index (κ1) is 21.7. The van der Waals surface area contributed by atoms with E-state index in [1.807, 2.05) is 18.7 Å². The van der Waals surface area contributed by atoms with E-state index in [2.05, 4.69) is 28.7 Å². The molecule has 2 aromatic heterocycles. The van der Waals surface area contributed by atoms with Crippen LogP contribution >= 0.6 is 0 Å². The molecule has 0 radical (unpaired) electrons. The monoisotopic (exact) mass is 426 g/mol. The van der Waals surface area contributed by atoms with Crippen molar-refractivity contribution >= 4 is 33.0 Å². The van der Waals surface area contributed by atoms with Crippen molar-refractivity contribution in [2.45, 2.75) is 57.6 Å². The lowest BCUT2D eigenvalue weighted by Gasteiger charge is -2.27. The van der Waals surface area contributed by atoms with Crippen molar-refractivity contribution in [2.24, 2.45) is 7.05 Å². The minimum absolute atomic E-state index is 0.00470. The first-order valence-electron chi connectivity index (χ1n) is 9.86. The summed E-state index contributed by atoms with van der Waals surface area (Å²) in [5.74, 6) is 1.69. The van der Waals surface area contributed by atoms with Gasteiger partial charge in [0.2, 0.25) is 5.95 Å². The highest BCUT2D eigenvalue weighted by Gasteiger charge is 2.27. The zero-order valence-corrected chi connectivity index (χ0v) is 18.2. The SMILES string of the molecule is CC(C)N(C)c1nc2c(N)nc([C@H]3CC[C@H](OCCS(=O)(=O)O)CC3)nc2n1C. The van der Waals surface area contributed by atoms with Crippen molar-refractivity contribution in [3.8, 4) is 0 Å². The van der Waals surface area contributed by atoms with Crippen LogP contribution in [0.1, 0.15) is 51.3 Å². The van der Waals surface area contributed by atoms with Crippen LogP contribution in [0.25, 0.3) is 11.2 Å². The second kappa shape index (κ2) is 8.41. The average molecular weight is 427 g/mol. The molecule has 11 heteroatoms. The van der Waals surface area contributed by atoms with Crippen molar-refractivity contribution < 1.29 is 17.7 Å². The number of aryl methyl sites for hydroxylation is 1. The van der Waals surface area contributed by atoms with Crippen LogP contribution in [-0.4, -0.2) is 64.0 Å². The van der Waals surface area contributed by atoms with Crippen molar-refractivity contribution in [3.63, 3.8) is 0 Å². The number of nitrogens with zero attached hydrogens (tertiary/aromatic N) is 5. The molecule has 0 spiro atoms. The summed E-state index contributed by atoms with van der Waals surface area (Å²) in [6.07, 6.45) is 3.21. The van der Waals surface area contributed by atoms with Crippen LogP contribution in [0.2, 0.25) is 0 Å². The highest BCUT2D eigenvalue weighted by molar-refractivity contribution is 7.85. The van der Waals surface area contributed by atoms with E-state index in [1.54, 1.807) is 0 Å². The number of hydrogen-bond donors (Lipinski definition) is 2. The molecule has 1 aliphatic carbocycles. The van der Waals surface area contributed by atoms with Crippen LogP contribution < -0.4 is 10.6 Å². The molecule has 3 rings (SSSR count). The number of fused-ring (bicyclic) bond motifs is 1. The zero-order chi connectivity index (χ0) is 21.3. The van der Waals surface area contributed by atoms with Gasteiger partial charge in [-0.1, -0.05) is 0 Å². The molecule has 0 amide bonds. The number of anilines is 2. The quantitative estimate of drug-likeness (QED) is 0.634. The highest BCUT2D eigenvalue weighted by Crippen LogP contribution is 2.34. The Morgan fingerprint density at radius 2 is 1.90 bits per heavy atom. The summed E-state index contributed by atoms with van der Waals surface area (Å²) >= 11 is 0. The van der Waals surface area contributed by atoms with Crippen LogP contribution in [0, 0.1) is 0 Å². The second-order valence-electron chi connectivity index (χ2n) is 7.95. The van der Waals surface area contributed by atoms with Gasteiger partial charge in [-0.2, -0.15) is 8.42 Å². The summed E-state index contributed by atoms with van der Waals surface area (Å²) in [4.78, 5) is 16.0. The van der Waals surface area contributed by atoms with Crippen molar-refractivity contribution in [1.29, 1.82) is 0 Å². The third-order valence-corrected chi connectivity index (χ3v) is 6.25. The van der Waals surface area contributed by atoms with Gasteiger partial charge < -0.3 is 15.4 Å². The lowest BCUT2D eigenvalue weighted by atomic mass is 9.87.